The van der Waals surface area contributed by atoms with Crippen LogP contribution in [0.1, 0.15) is 5.56 Å². The molecular formula is C17H15FN2O6. The molecule has 0 fully saturated rings. The topological polar surface area (TPSA) is 108 Å². The first-order valence-corrected chi connectivity index (χ1v) is 7.41. The van der Waals surface area contributed by atoms with E-state index in [4.69, 9.17) is 9.47 Å². The molecule has 26 heavy (non-hydrogen) atoms. The molecule has 0 atom stereocenters. The molecule has 0 saturated heterocycles. The van der Waals surface area contributed by atoms with E-state index in [0.717, 1.165) is 6.07 Å². The standard InChI is InChI=1S/C17H15FN2O6/c1-25-15-6-5-13(20(23)24)9-14(15)19-16(21)10-26-17(22)8-11-3-2-4-12(18)7-11/h2-7,9H,8,10H2,1H3,(H,19,21). The Morgan fingerprint density at radius 2 is 2.00 bits per heavy atom. The third-order valence-corrected chi connectivity index (χ3v) is 3.27. The number of halogens is 1. The van der Waals surface area contributed by atoms with Crippen molar-refractivity contribution in [3.8, 4) is 5.75 Å². The Kier molecular flexibility index (Phi) is 6.20. The third-order valence-electron chi connectivity index (χ3n) is 3.27. The Bertz CT molecular complexity index is 840. The summed E-state index contributed by atoms with van der Waals surface area (Å²) in [5.41, 5.74) is 0.257. The smallest absolute Gasteiger partial charge is 0.310 e. The van der Waals surface area contributed by atoms with Gasteiger partial charge in [-0.3, -0.25) is 19.7 Å². The summed E-state index contributed by atoms with van der Waals surface area (Å²) in [5, 5.41) is 13.2. The summed E-state index contributed by atoms with van der Waals surface area (Å²) in [6.45, 7) is -0.597. The van der Waals surface area contributed by atoms with E-state index in [1.54, 1.807) is 6.07 Å². The van der Waals surface area contributed by atoms with E-state index < -0.39 is 29.2 Å². The van der Waals surface area contributed by atoms with Crippen LogP contribution in [-0.2, 0) is 20.7 Å². The number of nitrogens with one attached hydrogen (secondary N) is 1. The second-order valence-electron chi connectivity index (χ2n) is 5.16. The van der Waals surface area contributed by atoms with Crippen LogP contribution in [0.4, 0.5) is 15.8 Å². The molecule has 2 rings (SSSR count). The molecule has 0 aromatic heterocycles. The number of ether oxygens (including phenoxy) is 2. The molecule has 1 amide bonds. The average Bonchev–Trinajstić information content (AvgIpc) is 2.60. The minimum absolute atomic E-state index is 0.0767. The van der Waals surface area contributed by atoms with Crippen LogP contribution in [0.5, 0.6) is 5.75 Å². The zero-order valence-electron chi connectivity index (χ0n) is 13.7. The average molecular weight is 362 g/mol. The van der Waals surface area contributed by atoms with Crippen LogP contribution in [0.25, 0.3) is 0 Å². The van der Waals surface area contributed by atoms with E-state index in [1.165, 1.54) is 37.4 Å². The highest BCUT2D eigenvalue weighted by molar-refractivity contribution is 5.94. The van der Waals surface area contributed by atoms with Gasteiger partial charge in [-0.05, 0) is 23.8 Å². The van der Waals surface area contributed by atoms with Crippen LogP contribution in [0, 0.1) is 15.9 Å². The van der Waals surface area contributed by atoms with Gasteiger partial charge in [0.1, 0.15) is 11.6 Å². The van der Waals surface area contributed by atoms with Gasteiger partial charge < -0.3 is 14.8 Å². The zero-order chi connectivity index (χ0) is 19.1. The number of hydrogen-bond donors (Lipinski definition) is 1. The number of amides is 1. The minimum Gasteiger partial charge on any atom is -0.495 e. The Balaban J connectivity index is 1.93. The lowest BCUT2D eigenvalue weighted by atomic mass is 10.1. The van der Waals surface area contributed by atoms with Crippen molar-refractivity contribution < 1.29 is 28.4 Å². The number of carbonyl (C=O) groups is 2. The number of non-ortho nitro benzene ring substituents is 1. The summed E-state index contributed by atoms with van der Waals surface area (Å²) in [6, 6.07) is 9.14. The molecule has 1 N–H and O–H groups in total. The summed E-state index contributed by atoms with van der Waals surface area (Å²) in [5.74, 6) is -1.67. The molecule has 0 heterocycles. The molecule has 0 unspecified atom stereocenters. The van der Waals surface area contributed by atoms with Gasteiger partial charge in [-0.1, -0.05) is 12.1 Å². The summed E-state index contributed by atoms with van der Waals surface area (Å²) in [4.78, 5) is 33.8. The van der Waals surface area contributed by atoms with Crippen LogP contribution in [0.2, 0.25) is 0 Å². The number of methoxy groups -OCH3 is 1. The maximum atomic E-state index is 13.1. The first-order valence-electron chi connectivity index (χ1n) is 7.41. The summed E-state index contributed by atoms with van der Waals surface area (Å²) >= 11 is 0. The summed E-state index contributed by atoms with van der Waals surface area (Å²) in [6.07, 6.45) is -0.189. The third kappa shape index (κ3) is 5.26. The lowest BCUT2D eigenvalue weighted by Crippen LogP contribution is -2.22. The van der Waals surface area contributed by atoms with E-state index in [-0.39, 0.29) is 23.5 Å². The van der Waals surface area contributed by atoms with E-state index in [1.807, 2.05) is 0 Å². The Hall–Kier alpha value is -3.49. The van der Waals surface area contributed by atoms with Crippen LogP contribution < -0.4 is 10.1 Å². The van der Waals surface area contributed by atoms with Crippen molar-refractivity contribution in [1.82, 2.24) is 0 Å². The molecule has 0 bridgehead atoms. The molecule has 2 aromatic rings. The van der Waals surface area contributed by atoms with Crippen LogP contribution in [0.3, 0.4) is 0 Å². The van der Waals surface area contributed by atoms with Crippen molar-refractivity contribution in [2.24, 2.45) is 0 Å². The van der Waals surface area contributed by atoms with E-state index in [0.29, 0.717) is 5.56 Å². The predicted octanol–water partition coefficient (Wildman–Crippen LogP) is 2.47. The summed E-state index contributed by atoms with van der Waals surface area (Å²) in [7, 11) is 1.34. The molecule has 136 valence electrons. The molecule has 8 nitrogen and oxygen atoms in total. The Morgan fingerprint density at radius 3 is 2.65 bits per heavy atom. The number of rotatable bonds is 7. The largest absolute Gasteiger partial charge is 0.495 e. The number of esters is 1. The number of carbonyl (C=O) groups excluding carboxylic acids is 2. The fourth-order valence-electron chi connectivity index (χ4n) is 2.10. The Morgan fingerprint density at radius 1 is 1.23 bits per heavy atom. The van der Waals surface area contributed by atoms with Gasteiger partial charge in [0.05, 0.1) is 24.1 Å². The molecule has 2 aromatic carbocycles. The highest BCUT2D eigenvalue weighted by atomic mass is 19.1. The summed E-state index contributed by atoms with van der Waals surface area (Å²) < 4.78 is 22.9. The normalized spacial score (nSPS) is 10.1. The van der Waals surface area contributed by atoms with E-state index >= 15 is 0 Å². The quantitative estimate of drug-likeness (QED) is 0.460. The fourth-order valence-corrected chi connectivity index (χ4v) is 2.10. The first kappa shape index (κ1) is 18.8. The number of nitrogens with zero attached hydrogens (tertiary/aromatic N) is 1. The van der Waals surface area contributed by atoms with Crippen molar-refractivity contribution in [3.63, 3.8) is 0 Å². The van der Waals surface area contributed by atoms with Gasteiger partial charge in [0, 0.05) is 12.1 Å². The highest BCUT2D eigenvalue weighted by Crippen LogP contribution is 2.28. The Labute approximate surface area is 147 Å². The minimum atomic E-state index is -0.711. The number of nitro groups is 1. The van der Waals surface area contributed by atoms with Crippen molar-refractivity contribution >= 4 is 23.3 Å². The molecule has 0 aliphatic heterocycles. The van der Waals surface area contributed by atoms with E-state index in [9.17, 15) is 24.1 Å². The van der Waals surface area contributed by atoms with Gasteiger partial charge >= 0.3 is 5.97 Å². The maximum Gasteiger partial charge on any atom is 0.310 e. The van der Waals surface area contributed by atoms with Gasteiger partial charge in [-0.25, -0.2) is 4.39 Å². The lowest BCUT2D eigenvalue weighted by molar-refractivity contribution is -0.384. The number of hydrogen-bond acceptors (Lipinski definition) is 6. The molecule has 9 heteroatoms. The monoisotopic (exact) mass is 362 g/mol. The first-order chi connectivity index (χ1) is 12.4. The maximum absolute atomic E-state index is 13.1. The number of benzene rings is 2. The number of nitro benzene ring substituents is 1. The SMILES string of the molecule is COc1ccc([N+](=O)[O-])cc1NC(=O)COC(=O)Cc1cccc(F)c1. The van der Waals surface area contributed by atoms with Gasteiger partial charge in [0.15, 0.2) is 6.61 Å². The van der Waals surface area contributed by atoms with Crippen LogP contribution in [0.15, 0.2) is 42.5 Å². The second kappa shape index (κ2) is 8.56. The van der Waals surface area contributed by atoms with Crippen molar-refractivity contribution in [2.45, 2.75) is 6.42 Å². The van der Waals surface area contributed by atoms with Gasteiger partial charge in [0.2, 0.25) is 0 Å². The molecule has 0 radical (unpaired) electrons. The van der Waals surface area contributed by atoms with Gasteiger partial charge in [0.25, 0.3) is 11.6 Å². The van der Waals surface area contributed by atoms with E-state index in [2.05, 4.69) is 5.32 Å². The zero-order valence-corrected chi connectivity index (χ0v) is 13.7. The van der Waals surface area contributed by atoms with Crippen molar-refractivity contribution in [3.05, 3.63) is 64.0 Å². The van der Waals surface area contributed by atoms with Gasteiger partial charge in [-0.15, -0.1) is 0 Å². The van der Waals surface area contributed by atoms with Crippen LogP contribution in [-0.4, -0.2) is 30.5 Å². The number of anilines is 1. The molecule has 0 spiro atoms. The lowest BCUT2D eigenvalue weighted by Gasteiger charge is -2.10. The highest BCUT2D eigenvalue weighted by Gasteiger charge is 2.15. The van der Waals surface area contributed by atoms with Gasteiger partial charge in [-0.2, -0.15) is 0 Å². The van der Waals surface area contributed by atoms with Crippen molar-refractivity contribution in [2.75, 3.05) is 19.0 Å². The molecular weight excluding hydrogens is 347 g/mol. The van der Waals surface area contributed by atoms with Crippen molar-refractivity contribution in [1.29, 1.82) is 0 Å². The molecule has 0 aliphatic carbocycles. The van der Waals surface area contributed by atoms with Crippen LogP contribution >= 0.6 is 0 Å². The molecule has 0 aliphatic rings. The fraction of sp³-hybridized carbons (Fsp3) is 0.176. The predicted molar refractivity (Wildman–Crippen MR) is 89.3 cm³/mol. The molecule has 0 saturated carbocycles. The second-order valence-corrected chi connectivity index (χ2v) is 5.16.